The Bertz CT molecular complexity index is 508. The molecule has 0 unspecified atom stereocenters. The van der Waals surface area contributed by atoms with Crippen molar-refractivity contribution < 1.29 is 42.7 Å². The van der Waals surface area contributed by atoms with Gasteiger partial charge in [0.2, 0.25) is 0 Å². The molecule has 0 aromatic rings. The SMILES string of the molecule is CCCCCCCCCCCCCCCCCC(=O)OCCOCCOCCOCCOCCOCCOCCOC. The summed E-state index contributed by atoms with van der Waals surface area (Å²) in [5.41, 5.74) is 0. The van der Waals surface area contributed by atoms with Crippen LogP contribution < -0.4 is 0 Å². The predicted molar refractivity (Wildman–Crippen MR) is 167 cm³/mol. The zero-order valence-electron chi connectivity index (χ0n) is 27.4. The van der Waals surface area contributed by atoms with Crippen LogP contribution >= 0.6 is 0 Å². The van der Waals surface area contributed by atoms with Crippen LogP contribution in [-0.2, 0) is 42.7 Å². The van der Waals surface area contributed by atoms with Gasteiger partial charge in [-0.3, -0.25) is 4.79 Å². The normalized spacial score (nSPS) is 11.4. The van der Waals surface area contributed by atoms with Crippen LogP contribution in [0.1, 0.15) is 110 Å². The van der Waals surface area contributed by atoms with Crippen molar-refractivity contribution in [1.29, 1.82) is 0 Å². The predicted octanol–water partition coefficient (Wildman–Crippen LogP) is 6.54. The molecule has 0 radical (unpaired) electrons. The Kier molecular flexibility index (Phi) is 37.5. The average Bonchev–Trinajstić information content (AvgIpc) is 3.00. The maximum Gasteiger partial charge on any atom is 0.305 e. The lowest BCUT2D eigenvalue weighted by atomic mass is 10.0. The molecule has 0 bridgehead atoms. The van der Waals surface area contributed by atoms with Gasteiger partial charge < -0.3 is 37.9 Å². The van der Waals surface area contributed by atoms with E-state index in [1.165, 1.54) is 83.5 Å². The second kappa shape index (κ2) is 38.2. The standard InChI is InChI=1S/C33H66O9/c1-3-4-5-6-7-8-9-10-11-12-13-14-15-16-17-18-33(34)42-32-31-41-30-29-40-28-27-39-26-25-38-24-23-37-22-21-36-20-19-35-2/h3-32H2,1-2H3. The van der Waals surface area contributed by atoms with E-state index in [1.807, 2.05) is 0 Å². The number of hydrogen-bond donors (Lipinski definition) is 0. The van der Waals surface area contributed by atoms with E-state index in [2.05, 4.69) is 6.92 Å². The van der Waals surface area contributed by atoms with Gasteiger partial charge in [-0.05, 0) is 6.42 Å². The monoisotopic (exact) mass is 606 g/mol. The van der Waals surface area contributed by atoms with Gasteiger partial charge >= 0.3 is 5.97 Å². The molecule has 0 amide bonds. The van der Waals surface area contributed by atoms with Gasteiger partial charge in [0.05, 0.1) is 85.9 Å². The Labute approximate surface area is 257 Å². The highest BCUT2D eigenvalue weighted by Gasteiger charge is 2.03. The van der Waals surface area contributed by atoms with E-state index in [9.17, 15) is 4.79 Å². The second-order valence-electron chi connectivity index (χ2n) is 10.6. The van der Waals surface area contributed by atoms with Crippen molar-refractivity contribution in [3.05, 3.63) is 0 Å². The molecule has 0 N–H and O–H groups in total. The van der Waals surface area contributed by atoms with Gasteiger partial charge in [0.15, 0.2) is 0 Å². The van der Waals surface area contributed by atoms with Crippen LogP contribution in [0, 0.1) is 0 Å². The minimum atomic E-state index is -0.124. The molecular formula is C33H66O9. The van der Waals surface area contributed by atoms with Crippen molar-refractivity contribution in [3.8, 4) is 0 Å². The molecule has 0 atom stereocenters. The van der Waals surface area contributed by atoms with Crippen molar-refractivity contribution in [3.63, 3.8) is 0 Å². The van der Waals surface area contributed by atoms with Crippen LogP contribution in [0.25, 0.3) is 0 Å². The summed E-state index contributed by atoms with van der Waals surface area (Å²) in [4.78, 5) is 11.8. The first-order valence-electron chi connectivity index (χ1n) is 16.9. The van der Waals surface area contributed by atoms with Crippen LogP contribution in [0.2, 0.25) is 0 Å². The van der Waals surface area contributed by atoms with E-state index in [0.29, 0.717) is 98.9 Å². The van der Waals surface area contributed by atoms with Crippen LogP contribution in [0.15, 0.2) is 0 Å². The lowest BCUT2D eigenvalue weighted by Crippen LogP contribution is -2.15. The molecule has 0 fully saturated rings. The fourth-order valence-electron chi connectivity index (χ4n) is 4.27. The van der Waals surface area contributed by atoms with Gasteiger partial charge in [0.25, 0.3) is 0 Å². The lowest BCUT2D eigenvalue weighted by molar-refractivity contribution is -0.145. The molecule has 0 heterocycles. The summed E-state index contributed by atoms with van der Waals surface area (Å²) < 4.78 is 42.6. The quantitative estimate of drug-likeness (QED) is 0.0578. The molecule has 252 valence electrons. The van der Waals surface area contributed by atoms with Crippen LogP contribution in [-0.4, -0.2) is 106 Å². The zero-order valence-corrected chi connectivity index (χ0v) is 27.4. The summed E-state index contributed by atoms with van der Waals surface area (Å²) >= 11 is 0. The number of methoxy groups -OCH3 is 1. The highest BCUT2D eigenvalue weighted by atomic mass is 16.6. The molecule has 0 aliphatic carbocycles. The summed E-state index contributed by atoms with van der Waals surface area (Å²) in [5, 5.41) is 0. The fraction of sp³-hybridized carbons (Fsp3) is 0.970. The van der Waals surface area contributed by atoms with Crippen LogP contribution in [0.4, 0.5) is 0 Å². The van der Waals surface area contributed by atoms with Gasteiger partial charge in [0, 0.05) is 13.5 Å². The third kappa shape index (κ3) is 37.2. The number of ether oxygens (including phenoxy) is 8. The molecule has 0 aliphatic rings. The number of esters is 1. The van der Waals surface area contributed by atoms with E-state index >= 15 is 0 Å². The molecule has 0 aromatic carbocycles. The number of carbonyl (C=O) groups is 1. The summed E-state index contributed by atoms with van der Waals surface area (Å²) in [6, 6.07) is 0. The van der Waals surface area contributed by atoms with E-state index in [4.69, 9.17) is 37.9 Å². The largest absolute Gasteiger partial charge is 0.463 e. The highest BCUT2D eigenvalue weighted by Crippen LogP contribution is 2.13. The fourth-order valence-corrected chi connectivity index (χ4v) is 4.27. The van der Waals surface area contributed by atoms with E-state index in [1.54, 1.807) is 7.11 Å². The van der Waals surface area contributed by atoms with Gasteiger partial charge in [-0.1, -0.05) is 96.8 Å². The highest BCUT2D eigenvalue weighted by molar-refractivity contribution is 5.69. The van der Waals surface area contributed by atoms with Gasteiger partial charge in [0.1, 0.15) is 6.61 Å². The van der Waals surface area contributed by atoms with Crippen molar-refractivity contribution in [2.75, 3.05) is 99.6 Å². The smallest absolute Gasteiger partial charge is 0.305 e. The molecule has 0 saturated heterocycles. The summed E-state index contributed by atoms with van der Waals surface area (Å²) in [5.74, 6) is -0.124. The molecule has 9 heteroatoms. The van der Waals surface area contributed by atoms with Gasteiger partial charge in [-0.2, -0.15) is 0 Å². The summed E-state index contributed by atoms with van der Waals surface area (Å²) in [6.07, 6.45) is 20.3. The minimum Gasteiger partial charge on any atom is -0.463 e. The zero-order chi connectivity index (χ0) is 30.4. The number of rotatable bonds is 37. The summed E-state index contributed by atoms with van der Waals surface area (Å²) in [6.45, 7) is 9.34. The average molecular weight is 607 g/mol. The molecule has 9 nitrogen and oxygen atoms in total. The van der Waals surface area contributed by atoms with Gasteiger partial charge in [-0.15, -0.1) is 0 Å². The number of unbranched alkanes of at least 4 members (excludes halogenated alkanes) is 14. The van der Waals surface area contributed by atoms with Crippen molar-refractivity contribution in [2.24, 2.45) is 0 Å². The van der Waals surface area contributed by atoms with Crippen molar-refractivity contribution in [2.45, 2.75) is 110 Å². The first kappa shape index (κ1) is 41.2. The van der Waals surface area contributed by atoms with Crippen LogP contribution in [0.3, 0.4) is 0 Å². The van der Waals surface area contributed by atoms with Gasteiger partial charge in [-0.25, -0.2) is 0 Å². The van der Waals surface area contributed by atoms with E-state index in [-0.39, 0.29) is 5.97 Å². The molecule has 0 aliphatic heterocycles. The van der Waals surface area contributed by atoms with E-state index in [0.717, 1.165) is 12.8 Å². The maximum absolute atomic E-state index is 11.8. The first-order chi connectivity index (χ1) is 20.8. The Morgan fingerprint density at radius 3 is 1.00 bits per heavy atom. The third-order valence-electron chi connectivity index (χ3n) is 6.77. The van der Waals surface area contributed by atoms with Crippen molar-refractivity contribution in [1.82, 2.24) is 0 Å². The van der Waals surface area contributed by atoms with Crippen molar-refractivity contribution >= 4 is 5.97 Å². The molecule has 0 saturated carbocycles. The summed E-state index contributed by atoms with van der Waals surface area (Å²) in [7, 11) is 1.65. The molecule has 0 spiro atoms. The Balaban J connectivity index is 3.13. The van der Waals surface area contributed by atoms with E-state index < -0.39 is 0 Å². The maximum atomic E-state index is 11.8. The molecular weight excluding hydrogens is 540 g/mol. The van der Waals surface area contributed by atoms with Crippen LogP contribution in [0.5, 0.6) is 0 Å². The molecule has 0 aromatic heterocycles. The number of hydrogen-bond acceptors (Lipinski definition) is 9. The second-order valence-corrected chi connectivity index (χ2v) is 10.6. The Hall–Kier alpha value is -0.810. The topological polar surface area (TPSA) is 90.9 Å². The lowest BCUT2D eigenvalue weighted by Gasteiger charge is -2.08. The number of carbonyl (C=O) groups excluding carboxylic acids is 1. The Morgan fingerprint density at radius 1 is 0.381 bits per heavy atom. The Morgan fingerprint density at radius 2 is 0.667 bits per heavy atom. The first-order valence-corrected chi connectivity index (χ1v) is 16.9. The molecule has 42 heavy (non-hydrogen) atoms. The molecule has 0 rings (SSSR count). The third-order valence-corrected chi connectivity index (χ3v) is 6.77. The minimum absolute atomic E-state index is 0.124.